The van der Waals surface area contributed by atoms with Crippen LogP contribution in [0, 0.1) is 12.3 Å². The fourth-order valence-electron chi connectivity index (χ4n) is 2.97. The highest BCUT2D eigenvalue weighted by molar-refractivity contribution is 5.92. The summed E-state index contributed by atoms with van der Waals surface area (Å²) in [6.07, 6.45) is 14.3. The predicted molar refractivity (Wildman–Crippen MR) is 97.6 cm³/mol. The minimum Gasteiger partial charge on any atom is -0.484 e. The van der Waals surface area contributed by atoms with Gasteiger partial charge in [-0.05, 0) is 36.6 Å². The average molecular weight is 340 g/mol. The van der Waals surface area contributed by atoms with Crippen molar-refractivity contribution in [3.63, 3.8) is 0 Å². The van der Waals surface area contributed by atoms with Crippen LogP contribution in [0.5, 0.6) is 5.75 Å². The molecular formula is C20H24N2O3. The Morgan fingerprint density at radius 3 is 2.52 bits per heavy atom. The van der Waals surface area contributed by atoms with Crippen molar-refractivity contribution in [1.29, 1.82) is 0 Å². The lowest BCUT2D eigenvalue weighted by Crippen LogP contribution is -2.40. The number of rotatable bonds is 7. The van der Waals surface area contributed by atoms with Crippen LogP contribution in [0.4, 0.5) is 0 Å². The first-order valence-electron chi connectivity index (χ1n) is 8.53. The van der Waals surface area contributed by atoms with Gasteiger partial charge in [0.25, 0.3) is 5.91 Å². The zero-order valence-corrected chi connectivity index (χ0v) is 14.3. The average Bonchev–Trinajstić information content (AvgIpc) is 2.64. The van der Waals surface area contributed by atoms with Crippen LogP contribution >= 0.6 is 0 Å². The van der Waals surface area contributed by atoms with Gasteiger partial charge in [-0.3, -0.25) is 9.59 Å². The van der Waals surface area contributed by atoms with Gasteiger partial charge in [0.15, 0.2) is 6.61 Å². The van der Waals surface area contributed by atoms with E-state index in [9.17, 15) is 9.59 Å². The second-order valence-corrected chi connectivity index (χ2v) is 6.12. The molecule has 2 N–H and O–H groups in total. The van der Waals surface area contributed by atoms with Crippen molar-refractivity contribution in [2.45, 2.75) is 38.1 Å². The lowest BCUT2D eigenvalue weighted by Gasteiger charge is -2.32. The summed E-state index contributed by atoms with van der Waals surface area (Å²) < 4.78 is 5.20. The third-order valence-corrected chi connectivity index (χ3v) is 4.24. The summed E-state index contributed by atoms with van der Waals surface area (Å²) in [6.45, 7) is 0.184. The summed E-state index contributed by atoms with van der Waals surface area (Å²) in [7, 11) is 0. The van der Waals surface area contributed by atoms with E-state index in [0.29, 0.717) is 12.3 Å². The molecule has 1 aliphatic carbocycles. The Morgan fingerprint density at radius 2 is 1.92 bits per heavy atom. The van der Waals surface area contributed by atoms with Gasteiger partial charge in [-0.15, -0.1) is 6.42 Å². The smallest absolute Gasteiger partial charge is 0.255 e. The number of terminal acetylenes is 1. The molecule has 1 saturated carbocycles. The summed E-state index contributed by atoms with van der Waals surface area (Å²) in [5.74, 6) is 2.57. The molecule has 0 aromatic heterocycles. The standard InChI is InChI=1S/C20H24N2O3/c1-2-14-22(17-6-4-3-5-7-17)20(24)13-10-16-8-11-18(12-9-16)25-15-19(21)23/h1,8-13,17H,3-7,14-15H2,(H2,21,23)/b13-10-. The molecule has 0 aliphatic heterocycles. The first-order chi connectivity index (χ1) is 12.1. The summed E-state index contributed by atoms with van der Waals surface area (Å²) in [5.41, 5.74) is 5.90. The maximum atomic E-state index is 12.5. The van der Waals surface area contributed by atoms with Crippen LogP contribution in [-0.2, 0) is 9.59 Å². The number of nitrogens with two attached hydrogens (primary N) is 1. The van der Waals surface area contributed by atoms with Gasteiger partial charge in [0.2, 0.25) is 5.91 Å². The number of nitrogens with zero attached hydrogens (tertiary/aromatic N) is 1. The maximum absolute atomic E-state index is 12.5. The van der Waals surface area contributed by atoms with E-state index in [1.165, 1.54) is 6.42 Å². The third kappa shape index (κ3) is 6.00. The number of primary amides is 1. The summed E-state index contributed by atoms with van der Waals surface area (Å²) in [5, 5.41) is 0. The molecule has 1 aromatic rings. The molecule has 25 heavy (non-hydrogen) atoms. The van der Waals surface area contributed by atoms with Crippen molar-refractivity contribution >= 4 is 17.9 Å². The Balaban J connectivity index is 1.97. The Bertz CT molecular complexity index is 653. The van der Waals surface area contributed by atoms with Gasteiger partial charge in [-0.1, -0.05) is 37.3 Å². The molecule has 0 unspecified atom stereocenters. The summed E-state index contributed by atoms with van der Waals surface area (Å²) >= 11 is 0. The quantitative estimate of drug-likeness (QED) is 0.612. The highest BCUT2D eigenvalue weighted by Gasteiger charge is 2.23. The van der Waals surface area contributed by atoms with E-state index in [2.05, 4.69) is 5.92 Å². The second kappa shape index (κ2) is 9.53. The number of carbonyl (C=O) groups is 2. The van der Waals surface area contributed by atoms with Crippen molar-refractivity contribution < 1.29 is 14.3 Å². The first kappa shape index (κ1) is 18.6. The van der Waals surface area contributed by atoms with Crippen molar-refractivity contribution in [3.8, 4) is 18.1 Å². The molecule has 1 aliphatic rings. The molecule has 0 saturated heterocycles. The highest BCUT2D eigenvalue weighted by Crippen LogP contribution is 2.23. The van der Waals surface area contributed by atoms with Crippen molar-refractivity contribution in [3.05, 3.63) is 35.9 Å². The second-order valence-electron chi connectivity index (χ2n) is 6.12. The topological polar surface area (TPSA) is 72.6 Å². The number of hydrogen-bond acceptors (Lipinski definition) is 3. The van der Waals surface area contributed by atoms with Crippen LogP contribution in [0.2, 0.25) is 0 Å². The molecule has 0 spiro atoms. The predicted octanol–water partition coefficient (Wildman–Crippen LogP) is 2.36. The van der Waals surface area contributed by atoms with Crippen LogP contribution in [0.15, 0.2) is 30.3 Å². The molecule has 2 rings (SSSR count). The summed E-state index contributed by atoms with van der Waals surface area (Å²) in [6, 6.07) is 7.32. The number of hydrogen-bond donors (Lipinski definition) is 1. The normalized spacial score (nSPS) is 14.8. The molecule has 1 aromatic carbocycles. The van der Waals surface area contributed by atoms with E-state index in [0.717, 1.165) is 31.2 Å². The van der Waals surface area contributed by atoms with Crippen LogP contribution in [-0.4, -0.2) is 35.9 Å². The minimum absolute atomic E-state index is 0.0566. The fraction of sp³-hybridized carbons (Fsp3) is 0.400. The number of carbonyl (C=O) groups excluding carboxylic acids is 2. The van der Waals surface area contributed by atoms with Crippen LogP contribution < -0.4 is 10.5 Å². The molecule has 1 fully saturated rings. The molecule has 5 heteroatoms. The van der Waals surface area contributed by atoms with Gasteiger partial charge in [-0.25, -0.2) is 0 Å². The van der Waals surface area contributed by atoms with E-state index in [4.69, 9.17) is 16.9 Å². The van der Waals surface area contributed by atoms with E-state index >= 15 is 0 Å². The number of benzene rings is 1. The molecule has 0 bridgehead atoms. The number of amides is 2. The third-order valence-electron chi connectivity index (χ3n) is 4.24. The van der Waals surface area contributed by atoms with E-state index < -0.39 is 5.91 Å². The van der Waals surface area contributed by atoms with Crippen LogP contribution in [0.3, 0.4) is 0 Å². The Morgan fingerprint density at radius 1 is 1.24 bits per heavy atom. The van der Waals surface area contributed by atoms with Crippen LogP contribution in [0.1, 0.15) is 37.7 Å². The molecule has 0 heterocycles. The van der Waals surface area contributed by atoms with E-state index in [1.54, 1.807) is 29.2 Å². The van der Waals surface area contributed by atoms with Crippen molar-refractivity contribution in [2.75, 3.05) is 13.2 Å². The van der Waals surface area contributed by atoms with Crippen molar-refractivity contribution in [1.82, 2.24) is 4.90 Å². The Kier molecular flexibility index (Phi) is 7.09. The van der Waals surface area contributed by atoms with Crippen LogP contribution in [0.25, 0.3) is 6.08 Å². The zero-order valence-electron chi connectivity index (χ0n) is 14.3. The molecule has 2 amide bonds. The monoisotopic (exact) mass is 340 g/mol. The van der Waals surface area contributed by atoms with Gasteiger partial charge in [0.1, 0.15) is 5.75 Å². The van der Waals surface area contributed by atoms with Gasteiger partial charge in [0.05, 0.1) is 6.54 Å². The molecule has 132 valence electrons. The minimum atomic E-state index is -0.522. The highest BCUT2D eigenvalue weighted by atomic mass is 16.5. The zero-order chi connectivity index (χ0) is 18.1. The Hall–Kier alpha value is -2.74. The van der Waals surface area contributed by atoms with Gasteiger partial charge in [0, 0.05) is 12.1 Å². The van der Waals surface area contributed by atoms with E-state index in [-0.39, 0.29) is 18.6 Å². The van der Waals surface area contributed by atoms with Gasteiger partial charge in [-0.2, -0.15) is 0 Å². The van der Waals surface area contributed by atoms with Gasteiger partial charge < -0.3 is 15.4 Å². The largest absolute Gasteiger partial charge is 0.484 e. The molecule has 0 radical (unpaired) electrons. The van der Waals surface area contributed by atoms with Gasteiger partial charge >= 0.3 is 0 Å². The number of ether oxygens (including phenoxy) is 1. The first-order valence-corrected chi connectivity index (χ1v) is 8.53. The maximum Gasteiger partial charge on any atom is 0.255 e. The molecular weight excluding hydrogens is 316 g/mol. The van der Waals surface area contributed by atoms with Crippen molar-refractivity contribution in [2.24, 2.45) is 5.73 Å². The fourth-order valence-corrected chi connectivity index (χ4v) is 2.97. The summed E-state index contributed by atoms with van der Waals surface area (Å²) in [4.78, 5) is 25.0. The molecule has 0 atom stereocenters. The van der Waals surface area contributed by atoms with E-state index in [1.807, 2.05) is 12.1 Å². The molecule has 5 nitrogen and oxygen atoms in total. The SMILES string of the molecule is C#CCN(C(=O)/C=C\c1ccc(OCC(N)=O)cc1)C1CCCCC1. The Labute approximate surface area is 148 Å². The lowest BCUT2D eigenvalue weighted by atomic mass is 9.94. The lowest BCUT2D eigenvalue weighted by molar-refractivity contribution is -0.128.